The zero-order valence-electron chi connectivity index (χ0n) is 11.6. The van der Waals surface area contributed by atoms with E-state index in [1.54, 1.807) is 0 Å². The molecule has 100 valence electrons. The van der Waals surface area contributed by atoms with Gasteiger partial charge in [-0.3, -0.25) is 0 Å². The van der Waals surface area contributed by atoms with Crippen LogP contribution in [0, 0.1) is 17.8 Å². The van der Waals surface area contributed by atoms with Gasteiger partial charge >= 0.3 is 0 Å². The highest BCUT2D eigenvalue weighted by Gasteiger charge is 2.25. The topological polar surface area (TPSA) is 21.3 Å². The molecule has 1 aliphatic heterocycles. The average molecular weight is 239 g/mol. The summed E-state index contributed by atoms with van der Waals surface area (Å²) in [6.45, 7) is 8.19. The van der Waals surface area contributed by atoms with E-state index in [-0.39, 0.29) is 0 Å². The van der Waals surface area contributed by atoms with Crippen molar-refractivity contribution < 1.29 is 4.74 Å². The fraction of sp³-hybridized carbons (Fsp3) is 1.00. The van der Waals surface area contributed by atoms with E-state index in [4.69, 9.17) is 4.74 Å². The first-order chi connectivity index (χ1) is 8.25. The number of rotatable bonds is 4. The molecule has 3 unspecified atom stereocenters. The van der Waals surface area contributed by atoms with Gasteiger partial charge in [-0.15, -0.1) is 0 Å². The normalized spacial score (nSPS) is 36.0. The van der Waals surface area contributed by atoms with Crippen molar-refractivity contribution in [2.45, 2.75) is 58.5 Å². The highest BCUT2D eigenvalue weighted by atomic mass is 16.5. The summed E-state index contributed by atoms with van der Waals surface area (Å²) in [7, 11) is 0. The molecule has 0 bridgehead atoms. The summed E-state index contributed by atoms with van der Waals surface area (Å²) < 4.78 is 6.08. The number of nitrogens with one attached hydrogen (secondary N) is 1. The molecule has 2 rings (SSSR count). The van der Waals surface area contributed by atoms with Crippen molar-refractivity contribution in [2.75, 3.05) is 19.7 Å². The van der Waals surface area contributed by atoms with E-state index in [0.717, 1.165) is 24.4 Å². The SMILES string of the molecule is CC1CCC(OCCC2CCNCC2)CC1C. The van der Waals surface area contributed by atoms with Crippen LogP contribution in [0.15, 0.2) is 0 Å². The first-order valence-electron chi connectivity index (χ1n) is 7.58. The highest BCUT2D eigenvalue weighted by Crippen LogP contribution is 2.31. The molecular weight excluding hydrogens is 210 g/mol. The minimum absolute atomic E-state index is 0.558. The van der Waals surface area contributed by atoms with Crippen molar-refractivity contribution in [3.63, 3.8) is 0 Å². The van der Waals surface area contributed by atoms with Crippen molar-refractivity contribution in [1.29, 1.82) is 0 Å². The molecule has 1 aliphatic carbocycles. The van der Waals surface area contributed by atoms with Crippen LogP contribution >= 0.6 is 0 Å². The van der Waals surface area contributed by atoms with Crippen LogP contribution < -0.4 is 5.32 Å². The third-order valence-electron chi connectivity index (χ3n) is 4.89. The Balaban J connectivity index is 1.58. The minimum atomic E-state index is 0.558. The zero-order chi connectivity index (χ0) is 12.1. The van der Waals surface area contributed by atoms with Crippen molar-refractivity contribution >= 4 is 0 Å². The van der Waals surface area contributed by atoms with Crippen LogP contribution in [0.3, 0.4) is 0 Å². The third kappa shape index (κ3) is 4.26. The number of piperidine rings is 1. The smallest absolute Gasteiger partial charge is 0.0577 e. The lowest BCUT2D eigenvalue weighted by molar-refractivity contribution is -0.00408. The van der Waals surface area contributed by atoms with E-state index in [1.165, 1.54) is 51.6 Å². The van der Waals surface area contributed by atoms with Crippen LogP contribution in [0.4, 0.5) is 0 Å². The molecule has 0 aromatic rings. The molecule has 0 radical (unpaired) electrons. The molecule has 0 aromatic carbocycles. The lowest BCUT2D eigenvalue weighted by atomic mass is 9.80. The van der Waals surface area contributed by atoms with Gasteiger partial charge in [-0.2, -0.15) is 0 Å². The summed E-state index contributed by atoms with van der Waals surface area (Å²) in [6, 6.07) is 0. The van der Waals surface area contributed by atoms with Crippen molar-refractivity contribution in [3.05, 3.63) is 0 Å². The van der Waals surface area contributed by atoms with Crippen LogP contribution in [0.5, 0.6) is 0 Å². The van der Waals surface area contributed by atoms with Crippen LogP contribution in [0.2, 0.25) is 0 Å². The average Bonchev–Trinajstić information content (AvgIpc) is 2.35. The molecule has 1 N–H and O–H groups in total. The lowest BCUT2D eigenvalue weighted by Crippen LogP contribution is -2.30. The van der Waals surface area contributed by atoms with Gasteiger partial charge in [0, 0.05) is 6.61 Å². The first kappa shape index (κ1) is 13.4. The Morgan fingerprint density at radius 3 is 2.47 bits per heavy atom. The summed E-state index contributed by atoms with van der Waals surface area (Å²) in [4.78, 5) is 0. The van der Waals surface area contributed by atoms with Gasteiger partial charge < -0.3 is 10.1 Å². The van der Waals surface area contributed by atoms with E-state index < -0.39 is 0 Å². The van der Waals surface area contributed by atoms with Crippen LogP contribution in [-0.2, 0) is 4.74 Å². The predicted molar refractivity (Wildman–Crippen MR) is 72.1 cm³/mol. The lowest BCUT2D eigenvalue weighted by Gasteiger charge is -2.32. The van der Waals surface area contributed by atoms with Gasteiger partial charge in [0.05, 0.1) is 6.10 Å². The fourth-order valence-corrected chi connectivity index (χ4v) is 3.22. The predicted octanol–water partition coefficient (Wildman–Crippen LogP) is 3.22. The summed E-state index contributed by atoms with van der Waals surface area (Å²) in [6.07, 6.45) is 8.47. The van der Waals surface area contributed by atoms with Gasteiger partial charge in [-0.25, -0.2) is 0 Å². The molecule has 0 spiro atoms. The Hall–Kier alpha value is -0.0800. The molecule has 2 nitrogen and oxygen atoms in total. The standard InChI is InChI=1S/C15H29NO/c1-12-3-4-15(11-13(12)2)17-10-7-14-5-8-16-9-6-14/h12-16H,3-11H2,1-2H3. The number of hydrogen-bond acceptors (Lipinski definition) is 2. The van der Waals surface area contributed by atoms with E-state index in [9.17, 15) is 0 Å². The van der Waals surface area contributed by atoms with Crippen molar-refractivity contribution in [2.24, 2.45) is 17.8 Å². The maximum absolute atomic E-state index is 6.08. The zero-order valence-corrected chi connectivity index (χ0v) is 11.6. The molecule has 0 aromatic heterocycles. The molecule has 2 heteroatoms. The molecule has 1 saturated heterocycles. The summed E-state index contributed by atoms with van der Waals surface area (Å²) >= 11 is 0. The van der Waals surface area contributed by atoms with Gasteiger partial charge in [0.15, 0.2) is 0 Å². The van der Waals surface area contributed by atoms with Gasteiger partial charge in [0.2, 0.25) is 0 Å². The Morgan fingerprint density at radius 2 is 1.76 bits per heavy atom. The van der Waals surface area contributed by atoms with Crippen LogP contribution in [0.25, 0.3) is 0 Å². The second-order valence-corrected chi connectivity index (χ2v) is 6.24. The molecule has 17 heavy (non-hydrogen) atoms. The molecule has 2 aliphatic rings. The molecule has 0 amide bonds. The van der Waals surface area contributed by atoms with Crippen LogP contribution in [0.1, 0.15) is 52.4 Å². The van der Waals surface area contributed by atoms with Gasteiger partial charge in [0.25, 0.3) is 0 Å². The number of ether oxygens (including phenoxy) is 1. The Morgan fingerprint density at radius 1 is 1.00 bits per heavy atom. The highest BCUT2D eigenvalue weighted by molar-refractivity contribution is 4.76. The summed E-state index contributed by atoms with van der Waals surface area (Å²) in [5, 5.41) is 3.42. The van der Waals surface area contributed by atoms with E-state index in [2.05, 4.69) is 19.2 Å². The fourth-order valence-electron chi connectivity index (χ4n) is 3.22. The molecule has 1 saturated carbocycles. The molecule has 1 heterocycles. The largest absolute Gasteiger partial charge is 0.378 e. The van der Waals surface area contributed by atoms with E-state index >= 15 is 0 Å². The van der Waals surface area contributed by atoms with Crippen molar-refractivity contribution in [1.82, 2.24) is 5.32 Å². The Labute approximate surface area is 107 Å². The quantitative estimate of drug-likeness (QED) is 0.813. The maximum Gasteiger partial charge on any atom is 0.0577 e. The first-order valence-corrected chi connectivity index (χ1v) is 7.58. The Bertz CT molecular complexity index is 213. The third-order valence-corrected chi connectivity index (χ3v) is 4.89. The van der Waals surface area contributed by atoms with Gasteiger partial charge in [-0.05, 0) is 69.4 Å². The minimum Gasteiger partial charge on any atom is -0.378 e. The molecule has 3 atom stereocenters. The van der Waals surface area contributed by atoms with Crippen molar-refractivity contribution in [3.8, 4) is 0 Å². The second kappa shape index (κ2) is 6.75. The number of hydrogen-bond donors (Lipinski definition) is 1. The maximum atomic E-state index is 6.08. The Kier molecular flexibility index (Phi) is 5.30. The van der Waals surface area contributed by atoms with Gasteiger partial charge in [-0.1, -0.05) is 13.8 Å². The second-order valence-electron chi connectivity index (χ2n) is 6.24. The van der Waals surface area contributed by atoms with Gasteiger partial charge in [0.1, 0.15) is 0 Å². The summed E-state index contributed by atoms with van der Waals surface area (Å²) in [5.74, 6) is 2.67. The monoisotopic (exact) mass is 239 g/mol. The van der Waals surface area contributed by atoms with E-state index in [1.807, 2.05) is 0 Å². The summed E-state index contributed by atoms with van der Waals surface area (Å²) in [5.41, 5.74) is 0. The van der Waals surface area contributed by atoms with Crippen LogP contribution in [-0.4, -0.2) is 25.8 Å². The van der Waals surface area contributed by atoms with E-state index in [0.29, 0.717) is 6.10 Å². The molecular formula is C15H29NO. The molecule has 2 fully saturated rings.